The fraction of sp³-hybridized carbons (Fsp3) is 0.214. The van der Waals surface area contributed by atoms with Gasteiger partial charge in [-0.1, -0.05) is 11.6 Å². The molecule has 0 saturated carbocycles. The number of hydrogen-bond acceptors (Lipinski definition) is 6. The van der Waals surface area contributed by atoms with Gasteiger partial charge in [-0.3, -0.25) is 4.79 Å². The molecule has 0 aliphatic heterocycles. The summed E-state index contributed by atoms with van der Waals surface area (Å²) in [5.41, 5.74) is 0.985. The molecule has 0 saturated heterocycles. The number of carbonyl (C=O) groups is 2. The van der Waals surface area contributed by atoms with E-state index in [-0.39, 0.29) is 22.8 Å². The lowest BCUT2D eigenvalue weighted by molar-refractivity contribution is -0.136. The van der Waals surface area contributed by atoms with Gasteiger partial charge < -0.3 is 20.3 Å². The van der Waals surface area contributed by atoms with Gasteiger partial charge in [-0.25, -0.2) is 9.78 Å². The molecule has 0 fully saturated rings. The summed E-state index contributed by atoms with van der Waals surface area (Å²) in [7, 11) is 1.36. The number of rotatable bonds is 6. The van der Waals surface area contributed by atoms with Crippen LogP contribution in [0.15, 0.2) is 12.1 Å². The zero-order chi connectivity index (χ0) is 17.1. The monoisotopic (exact) mass is 356 g/mol. The second-order valence-corrected chi connectivity index (χ2v) is 6.05. The molecule has 7 nitrogen and oxygen atoms in total. The minimum atomic E-state index is -1.15. The average molecular weight is 357 g/mol. The second-order valence-electron chi connectivity index (χ2n) is 4.56. The molecule has 2 rings (SSSR count). The first-order valence-electron chi connectivity index (χ1n) is 6.37. The van der Waals surface area contributed by atoms with Gasteiger partial charge >= 0.3 is 11.9 Å². The number of nitrogens with one attached hydrogen (secondary N) is 1. The Balaban J connectivity index is 2.33. The van der Waals surface area contributed by atoms with Crippen LogP contribution in [0.3, 0.4) is 0 Å². The van der Waals surface area contributed by atoms with Crippen LogP contribution in [-0.4, -0.2) is 34.2 Å². The number of ether oxygens (including phenoxy) is 1. The highest BCUT2D eigenvalue weighted by molar-refractivity contribution is 7.15. The van der Waals surface area contributed by atoms with Crippen LogP contribution in [0, 0.1) is 6.92 Å². The number of thiazole rings is 1. The third-order valence-electron chi connectivity index (χ3n) is 2.97. The summed E-state index contributed by atoms with van der Waals surface area (Å²) < 4.78 is 5.05. The van der Waals surface area contributed by atoms with E-state index in [1.165, 1.54) is 30.6 Å². The van der Waals surface area contributed by atoms with Crippen molar-refractivity contribution in [2.24, 2.45) is 0 Å². The fourth-order valence-electron chi connectivity index (χ4n) is 1.88. The van der Waals surface area contributed by atoms with Crippen molar-refractivity contribution in [1.29, 1.82) is 0 Å². The third kappa shape index (κ3) is 3.91. The number of nitrogens with zero attached hydrogens (tertiary/aromatic N) is 1. The molecule has 23 heavy (non-hydrogen) atoms. The van der Waals surface area contributed by atoms with Crippen molar-refractivity contribution in [2.75, 3.05) is 12.4 Å². The van der Waals surface area contributed by atoms with E-state index in [1.54, 1.807) is 6.92 Å². The number of carboxylic acids is 2. The Kier molecular flexibility index (Phi) is 5.07. The molecule has 1 heterocycles. The SMILES string of the molecule is COc1cc(Nc2nc(C)c(CC(=O)O)s2)c(Cl)cc1C(=O)O. The van der Waals surface area contributed by atoms with Crippen molar-refractivity contribution in [2.45, 2.75) is 13.3 Å². The Hall–Kier alpha value is -2.32. The van der Waals surface area contributed by atoms with Gasteiger partial charge in [-0.15, -0.1) is 11.3 Å². The van der Waals surface area contributed by atoms with Crippen molar-refractivity contribution >= 4 is 45.7 Å². The van der Waals surface area contributed by atoms with E-state index < -0.39 is 11.9 Å². The van der Waals surface area contributed by atoms with Crippen molar-refractivity contribution in [3.8, 4) is 5.75 Å². The molecule has 9 heteroatoms. The van der Waals surface area contributed by atoms with Crippen LogP contribution in [0.25, 0.3) is 0 Å². The van der Waals surface area contributed by atoms with E-state index in [2.05, 4.69) is 10.3 Å². The normalized spacial score (nSPS) is 10.4. The topological polar surface area (TPSA) is 109 Å². The first-order valence-corrected chi connectivity index (χ1v) is 7.57. The predicted molar refractivity (Wildman–Crippen MR) is 86.4 cm³/mol. The van der Waals surface area contributed by atoms with Gasteiger partial charge in [0.05, 0.1) is 29.9 Å². The van der Waals surface area contributed by atoms with Crippen LogP contribution in [0.1, 0.15) is 20.9 Å². The molecule has 0 bridgehead atoms. The minimum Gasteiger partial charge on any atom is -0.496 e. The smallest absolute Gasteiger partial charge is 0.339 e. The van der Waals surface area contributed by atoms with Gasteiger partial charge in [0.15, 0.2) is 5.13 Å². The largest absolute Gasteiger partial charge is 0.496 e. The van der Waals surface area contributed by atoms with E-state index in [1.807, 2.05) is 0 Å². The summed E-state index contributed by atoms with van der Waals surface area (Å²) in [5.74, 6) is -1.93. The maximum Gasteiger partial charge on any atom is 0.339 e. The molecule has 3 N–H and O–H groups in total. The Labute approximate surface area is 140 Å². The van der Waals surface area contributed by atoms with Gasteiger partial charge in [-0.2, -0.15) is 0 Å². The molecule has 0 aliphatic carbocycles. The fourth-order valence-corrected chi connectivity index (χ4v) is 3.06. The van der Waals surface area contributed by atoms with Crippen molar-refractivity contribution < 1.29 is 24.5 Å². The zero-order valence-electron chi connectivity index (χ0n) is 12.2. The Morgan fingerprint density at radius 1 is 1.39 bits per heavy atom. The van der Waals surface area contributed by atoms with E-state index in [4.69, 9.17) is 26.6 Å². The summed E-state index contributed by atoms with van der Waals surface area (Å²) in [6.07, 6.45) is -0.111. The molecule has 0 spiro atoms. The number of aromatic nitrogens is 1. The van der Waals surface area contributed by atoms with Gasteiger partial charge in [0.25, 0.3) is 0 Å². The summed E-state index contributed by atoms with van der Waals surface area (Å²) >= 11 is 7.28. The van der Waals surface area contributed by atoms with E-state index in [9.17, 15) is 9.59 Å². The highest BCUT2D eigenvalue weighted by Crippen LogP contribution is 2.34. The van der Waals surface area contributed by atoms with Crippen molar-refractivity contribution in [1.82, 2.24) is 4.98 Å². The third-order valence-corrected chi connectivity index (χ3v) is 4.35. The quantitative estimate of drug-likeness (QED) is 0.729. The molecule has 0 amide bonds. The molecule has 0 radical (unpaired) electrons. The molecule has 1 aromatic heterocycles. The molecule has 122 valence electrons. The van der Waals surface area contributed by atoms with Gasteiger partial charge in [-0.05, 0) is 13.0 Å². The number of aliphatic carboxylic acids is 1. The zero-order valence-corrected chi connectivity index (χ0v) is 13.8. The summed E-state index contributed by atoms with van der Waals surface area (Å²) in [6.45, 7) is 1.72. The summed E-state index contributed by atoms with van der Waals surface area (Å²) in [4.78, 5) is 26.8. The molecule has 0 atom stereocenters. The Morgan fingerprint density at radius 3 is 2.65 bits per heavy atom. The number of anilines is 2. The number of hydrogen-bond donors (Lipinski definition) is 3. The molecular weight excluding hydrogens is 344 g/mol. The lowest BCUT2D eigenvalue weighted by Gasteiger charge is -2.10. The molecule has 2 aromatic rings. The van der Waals surface area contributed by atoms with E-state index in [0.29, 0.717) is 21.4 Å². The van der Waals surface area contributed by atoms with Crippen LogP contribution < -0.4 is 10.1 Å². The standard InChI is InChI=1S/C14H13ClN2O5S/c1-6-11(5-12(18)19)23-14(16-6)17-9-4-10(22-2)7(13(20)21)3-8(9)15/h3-4H,5H2,1-2H3,(H,16,17)(H,18,19)(H,20,21). The van der Waals surface area contributed by atoms with Crippen LogP contribution >= 0.6 is 22.9 Å². The predicted octanol–water partition coefficient (Wildman–Crippen LogP) is 3.18. The highest BCUT2D eigenvalue weighted by atomic mass is 35.5. The van der Waals surface area contributed by atoms with Gasteiger partial charge in [0, 0.05) is 10.9 Å². The Morgan fingerprint density at radius 2 is 2.09 bits per heavy atom. The minimum absolute atomic E-state index is 0.0510. The van der Waals surface area contributed by atoms with Crippen molar-refractivity contribution in [3.05, 3.63) is 33.3 Å². The Bertz CT molecular complexity index is 775. The van der Waals surface area contributed by atoms with Gasteiger partial charge in [0.2, 0.25) is 0 Å². The molecule has 0 aliphatic rings. The maximum absolute atomic E-state index is 11.1. The lowest BCUT2D eigenvalue weighted by Crippen LogP contribution is -2.02. The van der Waals surface area contributed by atoms with Crippen molar-refractivity contribution in [3.63, 3.8) is 0 Å². The number of aromatic carboxylic acids is 1. The van der Waals surface area contributed by atoms with E-state index in [0.717, 1.165) is 0 Å². The molecular formula is C14H13ClN2O5S. The molecule has 0 unspecified atom stereocenters. The highest BCUT2D eigenvalue weighted by Gasteiger charge is 2.17. The number of halogens is 1. The number of benzene rings is 1. The summed E-state index contributed by atoms with van der Waals surface area (Å²) in [5, 5.41) is 21.6. The van der Waals surface area contributed by atoms with E-state index >= 15 is 0 Å². The van der Waals surface area contributed by atoms with Crippen LogP contribution in [0.5, 0.6) is 5.75 Å². The first-order chi connectivity index (χ1) is 10.8. The van der Waals surface area contributed by atoms with Crippen LogP contribution in [0.4, 0.5) is 10.8 Å². The number of aryl methyl sites for hydroxylation is 1. The lowest BCUT2D eigenvalue weighted by atomic mass is 10.2. The summed E-state index contributed by atoms with van der Waals surface area (Å²) in [6, 6.07) is 2.74. The first kappa shape index (κ1) is 17.0. The number of methoxy groups -OCH3 is 1. The van der Waals surface area contributed by atoms with Crippen LogP contribution in [-0.2, 0) is 11.2 Å². The maximum atomic E-state index is 11.1. The van der Waals surface area contributed by atoms with Crippen LogP contribution in [0.2, 0.25) is 5.02 Å². The number of carboxylic acid groups (broad SMARTS) is 2. The van der Waals surface area contributed by atoms with Gasteiger partial charge in [0.1, 0.15) is 11.3 Å². The average Bonchev–Trinajstić information content (AvgIpc) is 2.79. The second kappa shape index (κ2) is 6.84. The molecule has 1 aromatic carbocycles.